The molecule has 1 aliphatic rings. The number of hydrogen-bond donors (Lipinski definition) is 1. The van der Waals surface area contributed by atoms with Crippen LogP contribution >= 0.6 is 11.6 Å². The number of halogens is 1. The lowest BCUT2D eigenvalue weighted by atomic mass is 10.1. The highest BCUT2D eigenvalue weighted by Gasteiger charge is 2.29. The van der Waals surface area contributed by atoms with E-state index in [1.165, 1.54) is 22.5 Å². The lowest BCUT2D eigenvalue weighted by Gasteiger charge is -2.17. The molecule has 0 unspecified atom stereocenters. The van der Waals surface area contributed by atoms with Crippen LogP contribution < -0.4 is 5.32 Å². The first-order valence-electron chi connectivity index (χ1n) is 8.90. The van der Waals surface area contributed by atoms with Gasteiger partial charge in [0.15, 0.2) is 0 Å². The largest absolute Gasteiger partial charge is 0.321 e. The van der Waals surface area contributed by atoms with Crippen molar-refractivity contribution >= 4 is 44.0 Å². The van der Waals surface area contributed by atoms with Crippen LogP contribution in [0.15, 0.2) is 59.8 Å². The Kier molecular flexibility index (Phi) is 5.05. The van der Waals surface area contributed by atoms with Crippen LogP contribution in [0.25, 0.3) is 10.8 Å². The minimum Gasteiger partial charge on any atom is -0.321 e. The van der Waals surface area contributed by atoms with E-state index in [-0.39, 0.29) is 15.5 Å². The number of fused-ring (bicyclic) bond motifs is 1. The molecule has 1 fully saturated rings. The molecule has 4 rings (SSSR count). The number of rotatable bonds is 4. The Morgan fingerprint density at radius 3 is 2.68 bits per heavy atom. The third kappa shape index (κ3) is 3.48. The Labute approximate surface area is 168 Å². The molecular weight excluding hydrogens is 398 g/mol. The van der Waals surface area contributed by atoms with Gasteiger partial charge < -0.3 is 5.32 Å². The van der Waals surface area contributed by atoms with Gasteiger partial charge in [-0.2, -0.15) is 4.31 Å². The van der Waals surface area contributed by atoms with Gasteiger partial charge in [0.25, 0.3) is 5.91 Å². The predicted octanol–water partition coefficient (Wildman–Crippen LogP) is 3.93. The molecule has 28 heavy (non-hydrogen) atoms. The summed E-state index contributed by atoms with van der Waals surface area (Å²) in [6.07, 6.45) is 5.02. The molecule has 0 bridgehead atoms. The summed E-state index contributed by atoms with van der Waals surface area (Å²) < 4.78 is 27.1. The molecule has 0 atom stereocenters. The second-order valence-corrected chi connectivity index (χ2v) is 8.93. The van der Waals surface area contributed by atoms with E-state index < -0.39 is 15.9 Å². The van der Waals surface area contributed by atoms with Crippen molar-refractivity contribution in [2.75, 3.05) is 18.4 Å². The maximum atomic E-state index is 12.9. The summed E-state index contributed by atoms with van der Waals surface area (Å²) >= 11 is 6.16. The zero-order chi connectivity index (χ0) is 19.7. The molecule has 1 aliphatic heterocycles. The van der Waals surface area contributed by atoms with Crippen molar-refractivity contribution < 1.29 is 13.2 Å². The van der Waals surface area contributed by atoms with Crippen molar-refractivity contribution in [1.82, 2.24) is 9.29 Å². The van der Waals surface area contributed by atoms with Gasteiger partial charge in [-0.3, -0.25) is 9.78 Å². The molecule has 1 aromatic heterocycles. The van der Waals surface area contributed by atoms with E-state index in [0.29, 0.717) is 18.8 Å². The highest BCUT2D eigenvalue weighted by atomic mass is 35.5. The smallest absolute Gasteiger partial charge is 0.255 e. The average molecular weight is 416 g/mol. The zero-order valence-electron chi connectivity index (χ0n) is 14.9. The van der Waals surface area contributed by atoms with E-state index in [1.54, 1.807) is 18.5 Å². The normalized spacial score (nSPS) is 15.0. The molecule has 2 aromatic carbocycles. The Morgan fingerprint density at radius 2 is 1.89 bits per heavy atom. The standard InChI is InChI=1S/C20H18ClN3O3S/c21-17-7-6-14(12-19(17)28(26,27)24-10-1-2-11-24)20(25)23-18-5-3-4-15-13-22-9-8-16(15)18/h3-9,12-13H,1-2,10-11H2,(H,23,25). The van der Waals surface area contributed by atoms with E-state index >= 15 is 0 Å². The number of benzene rings is 2. The maximum Gasteiger partial charge on any atom is 0.255 e. The molecule has 8 heteroatoms. The number of anilines is 1. The summed E-state index contributed by atoms with van der Waals surface area (Å²) in [6, 6.07) is 11.7. The van der Waals surface area contributed by atoms with Crippen LogP contribution in [0.2, 0.25) is 5.02 Å². The van der Waals surface area contributed by atoms with Crippen molar-refractivity contribution in [2.45, 2.75) is 17.7 Å². The number of nitrogens with zero attached hydrogens (tertiary/aromatic N) is 2. The number of nitrogens with one attached hydrogen (secondary N) is 1. The third-order valence-corrected chi connectivity index (χ3v) is 7.19. The summed E-state index contributed by atoms with van der Waals surface area (Å²) in [5, 5.41) is 4.71. The van der Waals surface area contributed by atoms with Crippen LogP contribution in [0.3, 0.4) is 0 Å². The molecule has 0 spiro atoms. The van der Waals surface area contributed by atoms with Crippen molar-refractivity contribution in [3.05, 3.63) is 65.4 Å². The molecule has 1 amide bonds. The van der Waals surface area contributed by atoms with Gasteiger partial charge in [-0.05, 0) is 43.2 Å². The van der Waals surface area contributed by atoms with E-state index in [2.05, 4.69) is 10.3 Å². The molecule has 3 aromatic rings. The second kappa shape index (κ2) is 7.50. The molecule has 2 heterocycles. The fourth-order valence-corrected chi connectivity index (χ4v) is 5.35. The van der Waals surface area contributed by atoms with Gasteiger partial charge >= 0.3 is 0 Å². The van der Waals surface area contributed by atoms with Crippen molar-refractivity contribution in [2.24, 2.45) is 0 Å². The van der Waals surface area contributed by atoms with Crippen LogP contribution in [0.1, 0.15) is 23.2 Å². The highest BCUT2D eigenvalue weighted by Crippen LogP contribution is 2.29. The van der Waals surface area contributed by atoms with Gasteiger partial charge in [-0.1, -0.05) is 23.7 Å². The summed E-state index contributed by atoms with van der Waals surface area (Å²) in [7, 11) is -3.72. The van der Waals surface area contributed by atoms with E-state index in [1.807, 2.05) is 18.2 Å². The van der Waals surface area contributed by atoms with Gasteiger partial charge in [-0.15, -0.1) is 0 Å². The second-order valence-electron chi connectivity index (χ2n) is 6.61. The molecule has 144 valence electrons. The molecule has 1 N–H and O–H groups in total. The van der Waals surface area contributed by atoms with Gasteiger partial charge in [0.1, 0.15) is 4.90 Å². The molecular formula is C20H18ClN3O3S. The topological polar surface area (TPSA) is 79.4 Å². The lowest BCUT2D eigenvalue weighted by molar-refractivity contribution is 0.102. The quantitative estimate of drug-likeness (QED) is 0.700. The van der Waals surface area contributed by atoms with Crippen LogP contribution in [0.5, 0.6) is 0 Å². The number of amides is 1. The number of aromatic nitrogens is 1. The number of carbonyl (C=O) groups excluding carboxylic acids is 1. The number of hydrogen-bond acceptors (Lipinski definition) is 4. The van der Waals surface area contributed by atoms with Crippen molar-refractivity contribution in [3.8, 4) is 0 Å². The fraction of sp³-hybridized carbons (Fsp3) is 0.200. The minimum atomic E-state index is -3.72. The van der Waals surface area contributed by atoms with Crippen molar-refractivity contribution in [3.63, 3.8) is 0 Å². The van der Waals surface area contributed by atoms with Crippen LogP contribution in [-0.2, 0) is 10.0 Å². The summed E-state index contributed by atoms with van der Waals surface area (Å²) in [5.74, 6) is -0.404. The van der Waals surface area contributed by atoms with Crippen LogP contribution in [0.4, 0.5) is 5.69 Å². The predicted molar refractivity (Wildman–Crippen MR) is 109 cm³/mol. The van der Waals surface area contributed by atoms with Gasteiger partial charge in [0.05, 0.1) is 5.02 Å². The number of carbonyl (C=O) groups is 1. The summed E-state index contributed by atoms with van der Waals surface area (Å²) in [4.78, 5) is 16.8. The summed E-state index contributed by atoms with van der Waals surface area (Å²) in [6.45, 7) is 0.943. The van der Waals surface area contributed by atoms with E-state index in [4.69, 9.17) is 11.6 Å². The maximum absolute atomic E-state index is 12.9. The van der Waals surface area contributed by atoms with Gasteiger partial charge in [0, 0.05) is 47.5 Å². The molecule has 0 aliphatic carbocycles. The van der Waals surface area contributed by atoms with Gasteiger partial charge in [0.2, 0.25) is 10.0 Å². The average Bonchev–Trinajstić information content (AvgIpc) is 3.24. The van der Waals surface area contributed by atoms with Crippen molar-refractivity contribution in [1.29, 1.82) is 0 Å². The first-order valence-corrected chi connectivity index (χ1v) is 10.7. The SMILES string of the molecule is O=C(Nc1cccc2cnccc12)c1ccc(Cl)c(S(=O)(=O)N2CCCC2)c1. The summed E-state index contributed by atoms with van der Waals surface area (Å²) in [5.41, 5.74) is 0.858. The minimum absolute atomic E-state index is 0.0363. The number of pyridine rings is 1. The highest BCUT2D eigenvalue weighted by molar-refractivity contribution is 7.89. The Hall–Kier alpha value is -2.48. The molecule has 0 saturated carbocycles. The first-order chi connectivity index (χ1) is 13.5. The van der Waals surface area contributed by atoms with Crippen LogP contribution in [-0.4, -0.2) is 36.7 Å². The Bertz CT molecular complexity index is 1150. The Morgan fingerprint density at radius 1 is 1.11 bits per heavy atom. The number of sulfonamides is 1. The fourth-order valence-electron chi connectivity index (χ4n) is 3.34. The van der Waals surface area contributed by atoms with Crippen LogP contribution in [0, 0.1) is 0 Å². The first kappa shape index (κ1) is 18.9. The van der Waals surface area contributed by atoms with Gasteiger partial charge in [-0.25, -0.2) is 8.42 Å². The zero-order valence-corrected chi connectivity index (χ0v) is 16.5. The molecule has 0 radical (unpaired) electrons. The lowest BCUT2D eigenvalue weighted by Crippen LogP contribution is -2.28. The molecule has 6 nitrogen and oxygen atoms in total. The van der Waals surface area contributed by atoms with E-state index in [9.17, 15) is 13.2 Å². The Balaban J connectivity index is 1.67. The monoisotopic (exact) mass is 415 g/mol. The molecule has 1 saturated heterocycles. The van der Waals surface area contributed by atoms with E-state index in [0.717, 1.165) is 23.6 Å². The third-order valence-electron chi connectivity index (χ3n) is 4.81.